The number of aliphatic imine (C=N–C) groups is 1. The van der Waals surface area contributed by atoms with E-state index in [2.05, 4.69) is 44.6 Å². The molecule has 0 radical (unpaired) electrons. The van der Waals surface area contributed by atoms with Crippen LogP contribution >= 0.6 is 0 Å². The molecule has 3 heterocycles. The van der Waals surface area contributed by atoms with Crippen LogP contribution in [0.5, 0.6) is 0 Å². The Hall–Kier alpha value is -3.52. The monoisotopic (exact) mass is 529 g/mol. The quantitative estimate of drug-likeness (QED) is 0.414. The number of halogens is 1. The topological polar surface area (TPSA) is 74.0 Å². The predicted molar refractivity (Wildman–Crippen MR) is 150 cm³/mol. The van der Waals surface area contributed by atoms with Crippen molar-refractivity contribution in [2.24, 2.45) is 4.99 Å². The molecule has 0 bridgehead atoms. The van der Waals surface area contributed by atoms with Crippen LogP contribution in [0.2, 0.25) is 0 Å². The van der Waals surface area contributed by atoms with Crippen LogP contribution in [-0.2, 0) is 6.54 Å². The van der Waals surface area contributed by atoms with E-state index in [9.17, 15) is 9.18 Å². The highest BCUT2D eigenvalue weighted by molar-refractivity contribution is 6.16. The van der Waals surface area contributed by atoms with Crippen molar-refractivity contribution in [3.8, 4) is 11.1 Å². The van der Waals surface area contributed by atoms with Gasteiger partial charge in [0.2, 0.25) is 0 Å². The highest BCUT2D eigenvalue weighted by Gasteiger charge is 2.52. The summed E-state index contributed by atoms with van der Waals surface area (Å²) in [7, 11) is 0. The first-order valence-corrected chi connectivity index (χ1v) is 14.1. The Kier molecular flexibility index (Phi) is 6.97. The van der Waals surface area contributed by atoms with Crippen LogP contribution in [0.25, 0.3) is 11.1 Å². The van der Waals surface area contributed by atoms with Gasteiger partial charge in [-0.1, -0.05) is 48.7 Å². The number of aromatic nitrogens is 1. The standard InChI is InChI=1S/C31H36FN5O2/c1-21-28(22(2)39-35-21)24-9-6-8-23(18-24)20-36-16-14-31(15-17-36)29(33-26-11-4-3-5-12-26)34-30(38)37(31)27-13-7-10-25(32)19-27/h6-10,13,18-19,26H,3-5,11-12,14-17,20H2,1-2H3,(H,33,34,38). The van der Waals surface area contributed by atoms with Crippen molar-refractivity contribution in [1.82, 2.24) is 15.4 Å². The van der Waals surface area contributed by atoms with E-state index in [1.165, 1.54) is 37.0 Å². The molecule has 1 saturated heterocycles. The average molecular weight is 530 g/mol. The fourth-order valence-electron chi connectivity index (χ4n) is 6.64. The Morgan fingerprint density at radius 1 is 1.05 bits per heavy atom. The number of amides is 2. The highest BCUT2D eigenvalue weighted by atomic mass is 19.1. The van der Waals surface area contributed by atoms with Gasteiger partial charge in [-0.25, -0.2) is 9.18 Å². The molecule has 1 aliphatic carbocycles. The lowest BCUT2D eigenvalue weighted by atomic mass is 9.83. The number of piperidine rings is 1. The van der Waals surface area contributed by atoms with E-state index in [1.807, 2.05) is 19.9 Å². The third-order valence-electron chi connectivity index (χ3n) is 8.62. The minimum absolute atomic E-state index is 0.306. The first-order chi connectivity index (χ1) is 18.9. The number of likely N-dealkylation sites (tertiary alicyclic amines) is 1. The molecule has 8 heteroatoms. The minimum Gasteiger partial charge on any atom is -0.369 e. The largest absolute Gasteiger partial charge is 0.369 e. The van der Waals surface area contributed by atoms with Crippen LogP contribution in [-0.4, -0.2) is 46.6 Å². The number of carbonyl (C=O) groups is 1. The van der Waals surface area contributed by atoms with E-state index in [0.717, 1.165) is 73.7 Å². The third-order valence-corrected chi connectivity index (χ3v) is 8.62. The van der Waals surface area contributed by atoms with Gasteiger partial charge in [0.1, 0.15) is 23.0 Å². The number of nitrogens with one attached hydrogen (secondary N) is 1. The number of urea groups is 1. The maximum atomic E-state index is 14.3. The number of amidine groups is 1. The summed E-state index contributed by atoms with van der Waals surface area (Å²) in [4.78, 5) is 22.1. The van der Waals surface area contributed by atoms with Gasteiger partial charge in [0.25, 0.3) is 0 Å². The Labute approximate surface area is 229 Å². The maximum Gasteiger partial charge on any atom is 0.350 e. The summed E-state index contributed by atoms with van der Waals surface area (Å²) in [5.41, 5.74) is 4.27. The molecule has 1 saturated carbocycles. The summed E-state index contributed by atoms with van der Waals surface area (Å²) in [5, 5.41) is 7.79. The molecular weight excluding hydrogens is 493 g/mol. The Balaban J connectivity index is 1.23. The molecule has 0 atom stereocenters. The number of anilines is 1. The average Bonchev–Trinajstić information content (AvgIpc) is 3.40. The lowest BCUT2D eigenvalue weighted by molar-refractivity contribution is 0.181. The molecule has 204 valence electrons. The van der Waals surface area contributed by atoms with Gasteiger partial charge in [-0.2, -0.15) is 4.99 Å². The van der Waals surface area contributed by atoms with E-state index in [-0.39, 0.29) is 11.8 Å². The fraction of sp³-hybridized carbons (Fsp3) is 0.452. The van der Waals surface area contributed by atoms with E-state index in [4.69, 9.17) is 4.52 Å². The van der Waals surface area contributed by atoms with E-state index in [0.29, 0.717) is 11.7 Å². The third kappa shape index (κ3) is 4.98. The van der Waals surface area contributed by atoms with Gasteiger partial charge in [-0.3, -0.25) is 9.80 Å². The van der Waals surface area contributed by atoms with Crippen LogP contribution in [0.1, 0.15) is 62.0 Å². The van der Waals surface area contributed by atoms with Crippen LogP contribution in [0.4, 0.5) is 14.9 Å². The second-order valence-corrected chi connectivity index (χ2v) is 11.2. The summed E-state index contributed by atoms with van der Waals surface area (Å²) >= 11 is 0. The second kappa shape index (κ2) is 10.6. The number of carbonyl (C=O) groups excluding carboxylic acids is 1. The molecule has 2 aliphatic heterocycles. The Morgan fingerprint density at radius 3 is 2.54 bits per heavy atom. The molecule has 1 aromatic heterocycles. The molecule has 1 spiro atoms. The predicted octanol–water partition coefficient (Wildman–Crippen LogP) is 6.39. The van der Waals surface area contributed by atoms with Crippen LogP contribution in [0.15, 0.2) is 58.0 Å². The number of hydrogen-bond donors (Lipinski definition) is 1. The van der Waals surface area contributed by atoms with Crippen LogP contribution < -0.4 is 10.2 Å². The zero-order valence-electron chi connectivity index (χ0n) is 22.8. The van der Waals surface area contributed by atoms with E-state index < -0.39 is 5.54 Å². The molecule has 1 N–H and O–H groups in total. The molecule has 2 amide bonds. The molecule has 2 fully saturated rings. The molecule has 3 aliphatic rings. The minimum atomic E-state index is -0.586. The lowest BCUT2D eigenvalue weighted by Crippen LogP contribution is -2.62. The summed E-state index contributed by atoms with van der Waals surface area (Å²) in [5.74, 6) is 1.24. The number of nitrogens with zero attached hydrogens (tertiary/aromatic N) is 4. The fourth-order valence-corrected chi connectivity index (χ4v) is 6.64. The molecule has 6 rings (SSSR count). The van der Waals surface area contributed by atoms with Crippen molar-refractivity contribution in [2.45, 2.75) is 76.9 Å². The van der Waals surface area contributed by atoms with Crippen LogP contribution in [0, 0.1) is 19.7 Å². The van der Waals surface area contributed by atoms with Gasteiger partial charge in [-0.15, -0.1) is 0 Å². The molecule has 3 aromatic rings. The van der Waals surface area contributed by atoms with Gasteiger partial charge < -0.3 is 9.84 Å². The molecule has 39 heavy (non-hydrogen) atoms. The smallest absolute Gasteiger partial charge is 0.350 e. The Bertz CT molecular complexity index is 1370. The highest BCUT2D eigenvalue weighted by Crippen LogP contribution is 2.40. The molecular formula is C31H36FN5O2. The van der Waals surface area contributed by atoms with Gasteiger partial charge in [0.05, 0.1) is 5.69 Å². The van der Waals surface area contributed by atoms with Gasteiger partial charge >= 0.3 is 6.03 Å². The van der Waals surface area contributed by atoms with Crippen molar-refractivity contribution in [3.05, 3.63) is 71.4 Å². The first kappa shape index (κ1) is 25.7. The molecule has 0 unspecified atom stereocenters. The van der Waals surface area contributed by atoms with Crippen molar-refractivity contribution in [3.63, 3.8) is 0 Å². The zero-order chi connectivity index (χ0) is 27.0. The van der Waals surface area contributed by atoms with Crippen molar-refractivity contribution in [1.29, 1.82) is 0 Å². The molecule has 2 aromatic carbocycles. The number of aryl methyl sites for hydroxylation is 2. The van der Waals surface area contributed by atoms with Gasteiger partial charge in [-0.05, 0) is 74.9 Å². The summed E-state index contributed by atoms with van der Waals surface area (Å²) in [6.45, 7) is 6.33. The zero-order valence-corrected chi connectivity index (χ0v) is 22.8. The van der Waals surface area contributed by atoms with Crippen molar-refractivity contribution in [2.75, 3.05) is 18.0 Å². The van der Waals surface area contributed by atoms with Gasteiger partial charge in [0.15, 0.2) is 0 Å². The van der Waals surface area contributed by atoms with E-state index >= 15 is 0 Å². The number of rotatable bonds is 5. The normalized spacial score (nSPS) is 20.0. The van der Waals surface area contributed by atoms with E-state index in [1.54, 1.807) is 11.0 Å². The second-order valence-electron chi connectivity index (χ2n) is 11.2. The number of hydrogen-bond acceptors (Lipinski definition) is 5. The summed E-state index contributed by atoms with van der Waals surface area (Å²) < 4.78 is 19.6. The van der Waals surface area contributed by atoms with Crippen molar-refractivity contribution < 1.29 is 13.7 Å². The number of benzene rings is 2. The summed E-state index contributed by atoms with van der Waals surface area (Å²) in [6.07, 6.45) is 7.31. The SMILES string of the molecule is Cc1noc(C)c1-c1cccc(CN2CCC3(CC2)C(NC2CCCCC2)=NC(=O)N3c2cccc(F)c2)c1. The molecule has 7 nitrogen and oxygen atoms in total. The first-order valence-electron chi connectivity index (χ1n) is 14.1. The maximum absolute atomic E-state index is 14.3. The van der Waals surface area contributed by atoms with Crippen LogP contribution in [0.3, 0.4) is 0 Å². The Morgan fingerprint density at radius 2 is 1.82 bits per heavy atom. The van der Waals surface area contributed by atoms with Gasteiger partial charge in [0, 0.05) is 36.9 Å². The summed E-state index contributed by atoms with van der Waals surface area (Å²) in [6, 6.07) is 14.9. The lowest BCUT2D eigenvalue weighted by Gasteiger charge is -2.45. The van der Waals surface area contributed by atoms with Crippen molar-refractivity contribution >= 4 is 17.6 Å².